The molecule has 1 aromatic rings. The van der Waals surface area contributed by atoms with Crippen molar-refractivity contribution in [3.05, 3.63) is 15.0 Å². The molecule has 0 atom stereocenters. The number of carboxylic acid groups (broad SMARTS) is 1. The van der Waals surface area contributed by atoms with Gasteiger partial charge in [-0.05, 0) is 0 Å². The number of hydrogen-bond acceptors (Lipinski definition) is 3. The Morgan fingerprint density at radius 3 is 2.31 bits per heavy atom. The largest absolute Gasteiger partial charge is 0.477 e. The molecule has 0 bridgehead atoms. The average Bonchev–Trinajstić information content (AvgIpc) is 2.29. The number of halogens is 4. The van der Waals surface area contributed by atoms with E-state index in [0.717, 1.165) is 11.3 Å². The maximum atomic E-state index is 10.6. The number of carboxylic acids is 1. The number of rotatable bonds is 1. The van der Waals surface area contributed by atoms with E-state index in [1.807, 2.05) is 0 Å². The molecule has 0 saturated heterocycles. The fourth-order valence-electron chi connectivity index (χ4n) is 0.631. The van der Waals surface area contributed by atoms with Gasteiger partial charge in [-0.25, -0.2) is 9.78 Å². The first kappa shape index (κ1) is 11.3. The summed E-state index contributed by atoms with van der Waals surface area (Å²) in [6, 6.07) is 0. The van der Waals surface area contributed by atoms with Gasteiger partial charge in [-0.2, -0.15) is 0 Å². The maximum Gasteiger partial charge on any atom is 0.348 e. The van der Waals surface area contributed by atoms with Crippen molar-refractivity contribution in [1.82, 2.24) is 4.98 Å². The predicted octanol–water partition coefficient (Wildman–Crippen LogP) is 3.32. The quantitative estimate of drug-likeness (QED) is 0.803. The average molecular weight is 281 g/mol. The molecular formula is C5HCl4NO2S. The molecule has 13 heavy (non-hydrogen) atoms. The van der Waals surface area contributed by atoms with Gasteiger partial charge in [0.15, 0.2) is 4.47 Å². The maximum absolute atomic E-state index is 10.6. The zero-order valence-corrected chi connectivity index (χ0v) is 9.56. The zero-order valence-electron chi connectivity index (χ0n) is 5.72. The van der Waals surface area contributed by atoms with Crippen molar-refractivity contribution in [3.8, 4) is 0 Å². The second kappa shape index (κ2) is 3.79. The van der Waals surface area contributed by atoms with Crippen LogP contribution in [0, 0.1) is 0 Å². The molecule has 0 unspecified atom stereocenters. The van der Waals surface area contributed by atoms with Crippen LogP contribution in [0.5, 0.6) is 0 Å². The number of alkyl halides is 3. The second-order valence-electron chi connectivity index (χ2n) is 1.95. The van der Waals surface area contributed by atoms with Crippen LogP contribution in [0.4, 0.5) is 0 Å². The topological polar surface area (TPSA) is 50.2 Å². The Hall–Kier alpha value is 0.260. The first-order valence-corrected chi connectivity index (χ1v) is 5.12. The molecule has 0 spiro atoms. The van der Waals surface area contributed by atoms with Crippen LogP contribution in [0.1, 0.15) is 15.4 Å². The van der Waals surface area contributed by atoms with E-state index in [9.17, 15) is 4.79 Å². The molecule has 0 aliphatic rings. The lowest BCUT2D eigenvalue weighted by atomic mass is 10.4. The first-order chi connectivity index (χ1) is 5.82. The van der Waals surface area contributed by atoms with Crippen LogP contribution < -0.4 is 0 Å². The monoisotopic (exact) mass is 279 g/mol. The van der Waals surface area contributed by atoms with E-state index in [4.69, 9.17) is 51.5 Å². The summed E-state index contributed by atoms with van der Waals surface area (Å²) in [6.07, 6.45) is 0. The summed E-state index contributed by atoms with van der Waals surface area (Å²) in [5.41, 5.74) is -0.153. The fourth-order valence-corrected chi connectivity index (χ4v) is 2.21. The van der Waals surface area contributed by atoms with Crippen LogP contribution in [0.25, 0.3) is 0 Å². The molecule has 0 aliphatic heterocycles. The number of hydrogen-bond donors (Lipinski definition) is 1. The molecule has 3 nitrogen and oxygen atoms in total. The fraction of sp³-hybridized carbons (Fsp3) is 0.200. The van der Waals surface area contributed by atoms with Crippen LogP contribution in [0.2, 0.25) is 4.47 Å². The molecule has 0 saturated carbocycles. The summed E-state index contributed by atoms with van der Waals surface area (Å²) in [5, 5.41) is 8.68. The zero-order chi connectivity index (χ0) is 10.2. The van der Waals surface area contributed by atoms with Crippen LogP contribution in [-0.4, -0.2) is 16.1 Å². The third-order valence-electron chi connectivity index (χ3n) is 1.06. The van der Waals surface area contributed by atoms with Crippen molar-refractivity contribution in [2.75, 3.05) is 0 Å². The van der Waals surface area contributed by atoms with Gasteiger partial charge in [0.25, 0.3) is 0 Å². The van der Waals surface area contributed by atoms with E-state index in [-0.39, 0.29) is 15.0 Å². The van der Waals surface area contributed by atoms with Crippen molar-refractivity contribution >= 4 is 63.7 Å². The highest BCUT2D eigenvalue weighted by atomic mass is 35.6. The highest BCUT2D eigenvalue weighted by Crippen LogP contribution is 2.41. The number of nitrogens with zero attached hydrogens (tertiary/aromatic N) is 1. The first-order valence-electron chi connectivity index (χ1n) is 2.79. The van der Waals surface area contributed by atoms with Crippen LogP contribution in [-0.2, 0) is 3.79 Å². The molecule has 72 valence electrons. The Balaban J connectivity index is 3.28. The summed E-state index contributed by atoms with van der Waals surface area (Å²) < 4.78 is -1.84. The summed E-state index contributed by atoms with van der Waals surface area (Å²) in [5.74, 6) is -1.22. The van der Waals surface area contributed by atoms with E-state index in [0.29, 0.717) is 0 Å². The molecular weight excluding hydrogens is 280 g/mol. The number of aromatic carboxylic acids is 1. The van der Waals surface area contributed by atoms with Crippen molar-refractivity contribution in [2.45, 2.75) is 3.79 Å². The highest BCUT2D eigenvalue weighted by molar-refractivity contribution is 7.17. The third-order valence-corrected chi connectivity index (χ3v) is 2.75. The number of aromatic nitrogens is 1. The predicted molar refractivity (Wildman–Crippen MR) is 53.3 cm³/mol. The lowest BCUT2D eigenvalue weighted by molar-refractivity contribution is 0.0701. The molecule has 1 rings (SSSR count). The molecule has 1 aromatic heterocycles. The molecule has 0 amide bonds. The van der Waals surface area contributed by atoms with Gasteiger partial charge in [-0.3, -0.25) is 0 Å². The van der Waals surface area contributed by atoms with Gasteiger partial charge in [-0.1, -0.05) is 57.7 Å². The van der Waals surface area contributed by atoms with E-state index in [1.165, 1.54) is 0 Å². The van der Waals surface area contributed by atoms with Crippen LogP contribution in [0.3, 0.4) is 0 Å². The summed E-state index contributed by atoms with van der Waals surface area (Å²) in [6.45, 7) is 0. The molecule has 0 fully saturated rings. The summed E-state index contributed by atoms with van der Waals surface area (Å²) >= 11 is 22.7. The van der Waals surface area contributed by atoms with Gasteiger partial charge in [-0.15, -0.1) is 0 Å². The minimum absolute atomic E-state index is 0.0266. The van der Waals surface area contributed by atoms with Crippen molar-refractivity contribution in [1.29, 1.82) is 0 Å². The van der Waals surface area contributed by atoms with Gasteiger partial charge in [0.2, 0.25) is 3.79 Å². The third kappa shape index (κ3) is 2.60. The minimum atomic E-state index is -1.86. The van der Waals surface area contributed by atoms with E-state index in [2.05, 4.69) is 4.98 Å². The normalized spacial score (nSPS) is 11.7. The van der Waals surface area contributed by atoms with Gasteiger partial charge in [0, 0.05) is 0 Å². The summed E-state index contributed by atoms with van der Waals surface area (Å²) in [7, 11) is 0. The summed E-state index contributed by atoms with van der Waals surface area (Å²) in [4.78, 5) is 14.1. The van der Waals surface area contributed by atoms with E-state index < -0.39 is 9.76 Å². The lowest BCUT2D eigenvalue weighted by Crippen LogP contribution is -2.07. The van der Waals surface area contributed by atoms with Crippen molar-refractivity contribution < 1.29 is 9.90 Å². The van der Waals surface area contributed by atoms with Gasteiger partial charge in [0.1, 0.15) is 10.6 Å². The van der Waals surface area contributed by atoms with Gasteiger partial charge < -0.3 is 5.11 Å². The van der Waals surface area contributed by atoms with Crippen molar-refractivity contribution in [2.24, 2.45) is 0 Å². The Kier molecular flexibility index (Phi) is 3.30. The molecule has 1 N–H and O–H groups in total. The van der Waals surface area contributed by atoms with Gasteiger partial charge in [0.05, 0.1) is 0 Å². The SMILES string of the molecule is O=C(O)c1sc(Cl)nc1C(Cl)(Cl)Cl. The van der Waals surface area contributed by atoms with E-state index >= 15 is 0 Å². The standard InChI is InChI=1S/C5HCl4NO2S/c6-4-10-2(5(7,8)9)1(13-4)3(11)12/h(H,11,12). The molecule has 1 heterocycles. The molecule has 8 heteroatoms. The van der Waals surface area contributed by atoms with E-state index in [1.54, 1.807) is 0 Å². The van der Waals surface area contributed by atoms with Gasteiger partial charge >= 0.3 is 5.97 Å². The van der Waals surface area contributed by atoms with Crippen LogP contribution in [0.15, 0.2) is 0 Å². The van der Waals surface area contributed by atoms with Crippen molar-refractivity contribution in [3.63, 3.8) is 0 Å². The number of thiazole rings is 1. The molecule has 0 radical (unpaired) electrons. The Morgan fingerprint density at radius 2 is 2.00 bits per heavy atom. The molecule has 0 aliphatic carbocycles. The molecule has 0 aromatic carbocycles. The Labute approximate surface area is 97.2 Å². The number of carbonyl (C=O) groups is 1. The highest BCUT2D eigenvalue weighted by Gasteiger charge is 2.33. The smallest absolute Gasteiger partial charge is 0.348 e. The Morgan fingerprint density at radius 1 is 1.46 bits per heavy atom. The second-order valence-corrected chi connectivity index (χ2v) is 5.81. The minimum Gasteiger partial charge on any atom is -0.477 e. The lowest BCUT2D eigenvalue weighted by Gasteiger charge is -2.07. The Bertz CT molecular complexity index is 345. The van der Waals surface area contributed by atoms with Crippen LogP contribution >= 0.6 is 57.7 Å².